The van der Waals surface area contributed by atoms with Crippen LogP contribution in [0.15, 0.2) is 17.2 Å². The molecule has 3 N–H and O–H groups in total. The normalized spacial score (nSPS) is 26.1. The first kappa shape index (κ1) is 11.1. The summed E-state index contributed by atoms with van der Waals surface area (Å²) in [5.74, 6) is 0.299. The fraction of sp³-hybridized carbons (Fsp3) is 0.636. The Morgan fingerprint density at radius 2 is 2.19 bits per heavy atom. The summed E-state index contributed by atoms with van der Waals surface area (Å²) < 4.78 is 0. The average Bonchev–Trinajstić information content (AvgIpc) is 2.48. The number of aliphatic hydroxyl groups excluding tert-OH is 1. The Bertz CT molecular complexity index is 391. The van der Waals surface area contributed by atoms with Crippen LogP contribution in [0.1, 0.15) is 32.1 Å². The highest BCUT2D eigenvalue weighted by molar-refractivity contribution is 5.32. The topological polar surface area (TPSA) is 78.0 Å². The summed E-state index contributed by atoms with van der Waals surface area (Å²) in [5.41, 5.74) is -0.237. The van der Waals surface area contributed by atoms with E-state index < -0.39 is 0 Å². The van der Waals surface area contributed by atoms with Crippen molar-refractivity contribution in [1.82, 2.24) is 9.97 Å². The van der Waals surface area contributed by atoms with E-state index in [4.69, 9.17) is 0 Å². The number of nitrogens with one attached hydrogen (secondary N) is 2. The lowest BCUT2D eigenvalue weighted by Crippen LogP contribution is -2.35. The molecule has 0 spiro atoms. The van der Waals surface area contributed by atoms with Gasteiger partial charge in [-0.3, -0.25) is 4.79 Å². The van der Waals surface area contributed by atoms with Gasteiger partial charge in [-0.15, -0.1) is 0 Å². The third-order valence-corrected chi connectivity index (χ3v) is 3.01. The molecule has 2 unspecified atom stereocenters. The van der Waals surface area contributed by atoms with E-state index in [0.29, 0.717) is 5.82 Å². The van der Waals surface area contributed by atoms with Gasteiger partial charge in [-0.25, -0.2) is 4.98 Å². The van der Waals surface area contributed by atoms with E-state index in [0.717, 1.165) is 32.1 Å². The van der Waals surface area contributed by atoms with E-state index in [2.05, 4.69) is 15.3 Å². The van der Waals surface area contributed by atoms with E-state index >= 15 is 0 Å². The Kier molecular flexibility index (Phi) is 3.56. The third-order valence-electron chi connectivity index (χ3n) is 3.01. The van der Waals surface area contributed by atoms with Crippen LogP contribution in [0.25, 0.3) is 0 Å². The Morgan fingerprint density at radius 3 is 3.00 bits per heavy atom. The molecular formula is C11H17N3O2. The van der Waals surface area contributed by atoms with Crippen LogP contribution >= 0.6 is 0 Å². The highest BCUT2D eigenvalue weighted by Gasteiger charge is 2.22. The highest BCUT2D eigenvalue weighted by Crippen LogP contribution is 2.19. The summed E-state index contributed by atoms with van der Waals surface area (Å²) in [6.45, 7) is 0. The van der Waals surface area contributed by atoms with E-state index in [1.165, 1.54) is 12.4 Å². The highest BCUT2D eigenvalue weighted by atomic mass is 16.3. The maximum absolute atomic E-state index is 11.4. The van der Waals surface area contributed by atoms with Crippen molar-refractivity contribution in [3.8, 4) is 0 Å². The molecule has 0 aliphatic heterocycles. The van der Waals surface area contributed by atoms with E-state index in [9.17, 15) is 9.90 Å². The zero-order valence-corrected chi connectivity index (χ0v) is 9.15. The molecule has 2 atom stereocenters. The molecule has 5 heteroatoms. The molecule has 1 saturated carbocycles. The second-order valence-electron chi connectivity index (χ2n) is 4.22. The molecule has 1 aromatic rings. The van der Waals surface area contributed by atoms with Gasteiger partial charge in [0.2, 0.25) is 0 Å². The lowest BCUT2D eigenvalue weighted by atomic mass is 10.1. The predicted molar refractivity (Wildman–Crippen MR) is 61.4 cm³/mol. The number of hydrogen-bond donors (Lipinski definition) is 3. The average molecular weight is 223 g/mol. The minimum atomic E-state index is -0.385. The van der Waals surface area contributed by atoms with Gasteiger partial charge in [-0.05, 0) is 12.8 Å². The molecule has 0 saturated heterocycles. The first-order chi connectivity index (χ1) is 7.77. The number of aliphatic hydroxyl groups is 1. The van der Waals surface area contributed by atoms with Crippen LogP contribution < -0.4 is 10.9 Å². The summed E-state index contributed by atoms with van der Waals surface area (Å²) in [6, 6.07) is -0.0569. The molecule has 2 rings (SSSR count). The number of aromatic nitrogens is 2. The lowest BCUT2D eigenvalue weighted by Gasteiger charge is -2.21. The fourth-order valence-corrected chi connectivity index (χ4v) is 2.09. The summed E-state index contributed by atoms with van der Waals surface area (Å²) in [5, 5.41) is 12.9. The summed E-state index contributed by atoms with van der Waals surface area (Å²) in [6.07, 6.45) is 7.61. The second-order valence-corrected chi connectivity index (χ2v) is 4.22. The van der Waals surface area contributed by atoms with Crippen molar-refractivity contribution in [3.63, 3.8) is 0 Å². The van der Waals surface area contributed by atoms with E-state index in [1.807, 2.05) is 0 Å². The summed E-state index contributed by atoms with van der Waals surface area (Å²) in [7, 11) is 0. The molecule has 0 radical (unpaired) electrons. The molecule has 0 aromatic carbocycles. The SMILES string of the molecule is O=c1[nH]ccnc1NC1CCCCCC1O. The van der Waals surface area contributed by atoms with Gasteiger partial charge in [0.1, 0.15) is 0 Å². The number of anilines is 1. The van der Waals surface area contributed by atoms with E-state index in [1.54, 1.807) is 0 Å². The van der Waals surface area contributed by atoms with Gasteiger partial charge in [-0.1, -0.05) is 19.3 Å². The molecular weight excluding hydrogens is 206 g/mol. The molecule has 5 nitrogen and oxygen atoms in total. The van der Waals surface area contributed by atoms with Gasteiger partial charge in [0.05, 0.1) is 12.1 Å². The molecule has 0 amide bonds. The predicted octanol–water partition coefficient (Wildman–Crippen LogP) is 0.875. The van der Waals surface area contributed by atoms with Crippen LogP contribution in [-0.4, -0.2) is 27.2 Å². The van der Waals surface area contributed by atoms with Gasteiger partial charge in [0.15, 0.2) is 5.82 Å². The van der Waals surface area contributed by atoms with Crippen molar-refractivity contribution in [3.05, 3.63) is 22.7 Å². The van der Waals surface area contributed by atoms with Gasteiger partial charge < -0.3 is 15.4 Å². The van der Waals surface area contributed by atoms with Crippen LogP contribution in [0.5, 0.6) is 0 Å². The maximum Gasteiger partial charge on any atom is 0.290 e. The standard InChI is InChI=1S/C11H17N3O2/c15-9-5-3-1-2-4-8(9)14-10-11(16)13-7-6-12-10/h6-9,15H,1-5H2,(H,12,14)(H,13,16). The van der Waals surface area contributed by atoms with Gasteiger partial charge in [-0.2, -0.15) is 0 Å². The molecule has 1 aliphatic carbocycles. The van der Waals surface area contributed by atoms with Crippen LogP contribution in [0.3, 0.4) is 0 Å². The Balaban J connectivity index is 2.08. The largest absolute Gasteiger partial charge is 0.391 e. The van der Waals surface area contributed by atoms with Crippen molar-refractivity contribution in [1.29, 1.82) is 0 Å². The number of rotatable bonds is 2. The van der Waals surface area contributed by atoms with Crippen molar-refractivity contribution < 1.29 is 5.11 Å². The second kappa shape index (κ2) is 5.12. The van der Waals surface area contributed by atoms with Crippen LogP contribution in [0.2, 0.25) is 0 Å². The number of aromatic amines is 1. The molecule has 1 heterocycles. The number of nitrogens with zero attached hydrogens (tertiary/aromatic N) is 1. The molecule has 16 heavy (non-hydrogen) atoms. The fourth-order valence-electron chi connectivity index (χ4n) is 2.09. The van der Waals surface area contributed by atoms with Crippen LogP contribution in [-0.2, 0) is 0 Å². The molecule has 0 bridgehead atoms. The Hall–Kier alpha value is -1.36. The maximum atomic E-state index is 11.4. The molecule has 1 aromatic heterocycles. The zero-order valence-electron chi connectivity index (χ0n) is 9.15. The summed E-state index contributed by atoms with van der Waals surface area (Å²) >= 11 is 0. The first-order valence-electron chi connectivity index (χ1n) is 5.75. The number of H-pyrrole nitrogens is 1. The lowest BCUT2D eigenvalue weighted by molar-refractivity contribution is 0.144. The zero-order chi connectivity index (χ0) is 11.4. The van der Waals surface area contributed by atoms with Gasteiger partial charge in [0.25, 0.3) is 5.56 Å². The number of hydrogen-bond acceptors (Lipinski definition) is 4. The van der Waals surface area contributed by atoms with Crippen LogP contribution in [0.4, 0.5) is 5.82 Å². The molecule has 1 aliphatic rings. The van der Waals surface area contributed by atoms with Crippen LogP contribution in [0, 0.1) is 0 Å². The monoisotopic (exact) mass is 223 g/mol. The van der Waals surface area contributed by atoms with E-state index in [-0.39, 0.29) is 17.7 Å². The first-order valence-corrected chi connectivity index (χ1v) is 5.75. The van der Waals surface area contributed by atoms with Gasteiger partial charge in [0, 0.05) is 12.4 Å². The van der Waals surface area contributed by atoms with Crippen molar-refractivity contribution >= 4 is 5.82 Å². The minimum absolute atomic E-state index is 0.0569. The van der Waals surface area contributed by atoms with Crippen molar-refractivity contribution in [2.75, 3.05) is 5.32 Å². The minimum Gasteiger partial charge on any atom is -0.391 e. The molecule has 88 valence electrons. The Morgan fingerprint density at radius 1 is 1.38 bits per heavy atom. The smallest absolute Gasteiger partial charge is 0.290 e. The third kappa shape index (κ3) is 2.61. The van der Waals surface area contributed by atoms with Crippen molar-refractivity contribution in [2.45, 2.75) is 44.2 Å². The summed E-state index contributed by atoms with van der Waals surface area (Å²) in [4.78, 5) is 18.0. The Labute approximate surface area is 93.9 Å². The molecule has 1 fully saturated rings. The van der Waals surface area contributed by atoms with Gasteiger partial charge >= 0.3 is 0 Å². The van der Waals surface area contributed by atoms with Crippen molar-refractivity contribution in [2.24, 2.45) is 0 Å². The quantitative estimate of drug-likeness (QED) is 0.650.